The summed E-state index contributed by atoms with van der Waals surface area (Å²) in [6.07, 6.45) is -7.16. The molecule has 208 valence electrons. The lowest BCUT2D eigenvalue weighted by molar-refractivity contribution is -0.185. The van der Waals surface area contributed by atoms with Crippen molar-refractivity contribution < 1.29 is 41.0 Å². The lowest BCUT2D eigenvalue weighted by atomic mass is 9.87. The molecule has 38 heavy (non-hydrogen) atoms. The van der Waals surface area contributed by atoms with E-state index < -0.39 is 41.8 Å². The van der Waals surface area contributed by atoms with E-state index in [1.165, 1.54) is 6.07 Å². The van der Waals surface area contributed by atoms with Crippen molar-refractivity contribution in [3.63, 3.8) is 0 Å². The maximum absolute atomic E-state index is 14.4. The molecule has 2 saturated heterocycles. The number of hydrogen-bond donors (Lipinski definition) is 1. The molecular weight excluding hydrogens is 512 g/mol. The first-order valence-electron chi connectivity index (χ1n) is 13.2. The van der Waals surface area contributed by atoms with Gasteiger partial charge in [0, 0.05) is 18.1 Å². The first-order valence-corrected chi connectivity index (χ1v) is 13.2. The maximum atomic E-state index is 14.4. The molecule has 5 rings (SSSR count). The summed E-state index contributed by atoms with van der Waals surface area (Å²) in [6, 6.07) is 7.77. The minimum atomic E-state index is -4.72. The number of aliphatic carboxylic acids is 1. The van der Waals surface area contributed by atoms with Crippen molar-refractivity contribution in [1.82, 2.24) is 4.90 Å². The molecule has 1 aliphatic carbocycles. The van der Waals surface area contributed by atoms with Crippen LogP contribution in [-0.2, 0) is 11.0 Å². The van der Waals surface area contributed by atoms with E-state index in [4.69, 9.17) is 4.74 Å². The van der Waals surface area contributed by atoms with Crippen LogP contribution in [0.3, 0.4) is 0 Å². The monoisotopic (exact) mass is 543 g/mol. The third-order valence-electron chi connectivity index (χ3n) is 8.79. The van der Waals surface area contributed by atoms with Crippen LogP contribution in [0.5, 0.6) is 5.75 Å². The SMILES string of the molecule is C[C@H](c1ccc2ccc(O[C@H]3CC[C@@H](C(F)(F)F)CC3)c(C(F)(F)F)c2c1)N1C2CCC1CC(C(=O)O)C2. The molecule has 2 bridgehead atoms. The quantitative estimate of drug-likeness (QED) is 0.392. The number of nitrogens with zero attached hydrogens (tertiary/aromatic N) is 1. The van der Waals surface area contributed by atoms with Crippen molar-refractivity contribution in [2.24, 2.45) is 11.8 Å². The number of ether oxygens (including phenoxy) is 1. The van der Waals surface area contributed by atoms with E-state index in [2.05, 4.69) is 4.90 Å². The number of benzene rings is 2. The van der Waals surface area contributed by atoms with Crippen LogP contribution in [0.2, 0.25) is 0 Å². The third-order valence-corrected chi connectivity index (χ3v) is 8.79. The van der Waals surface area contributed by atoms with Gasteiger partial charge in [0.05, 0.1) is 17.9 Å². The molecule has 3 fully saturated rings. The van der Waals surface area contributed by atoms with Gasteiger partial charge in [0.25, 0.3) is 0 Å². The summed E-state index contributed by atoms with van der Waals surface area (Å²) >= 11 is 0. The van der Waals surface area contributed by atoms with E-state index in [1.807, 2.05) is 13.0 Å². The van der Waals surface area contributed by atoms with Crippen molar-refractivity contribution in [3.8, 4) is 5.75 Å². The van der Waals surface area contributed by atoms with Gasteiger partial charge in [-0.25, -0.2) is 0 Å². The zero-order valence-electron chi connectivity index (χ0n) is 21.0. The van der Waals surface area contributed by atoms with Crippen molar-refractivity contribution in [1.29, 1.82) is 0 Å². The summed E-state index contributed by atoms with van der Waals surface area (Å²) in [5, 5.41) is 9.87. The molecule has 0 amide bonds. The molecule has 2 aromatic carbocycles. The Hall–Kier alpha value is -2.49. The third kappa shape index (κ3) is 5.20. The van der Waals surface area contributed by atoms with Gasteiger partial charge in [-0.15, -0.1) is 0 Å². The van der Waals surface area contributed by atoms with Crippen LogP contribution >= 0.6 is 0 Å². The second-order valence-corrected chi connectivity index (χ2v) is 11.1. The lowest BCUT2D eigenvalue weighted by Gasteiger charge is -2.41. The van der Waals surface area contributed by atoms with Gasteiger partial charge in [0.15, 0.2) is 0 Å². The molecule has 10 heteroatoms. The first-order chi connectivity index (χ1) is 17.8. The second kappa shape index (κ2) is 9.92. The number of halogens is 6. The van der Waals surface area contributed by atoms with Gasteiger partial charge >= 0.3 is 18.3 Å². The van der Waals surface area contributed by atoms with Crippen LogP contribution in [-0.4, -0.2) is 40.3 Å². The number of fused-ring (bicyclic) bond motifs is 3. The Labute approximate surface area is 216 Å². The van der Waals surface area contributed by atoms with Crippen molar-refractivity contribution >= 4 is 16.7 Å². The summed E-state index contributed by atoms with van der Waals surface area (Å²) in [4.78, 5) is 13.8. The Kier molecular flexibility index (Phi) is 7.07. The number of hydrogen-bond acceptors (Lipinski definition) is 3. The van der Waals surface area contributed by atoms with Crippen molar-refractivity contribution in [2.45, 2.75) is 94.9 Å². The largest absolute Gasteiger partial charge is 0.490 e. The van der Waals surface area contributed by atoms with Crippen molar-refractivity contribution in [2.75, 3.05) is 0 Å². The highest BCUT2D eigenvalue weighted by molar-refractivity contribution is 5.89. The smallest absolute Gasteiger partial charge is 0.420 e. The van der Waals surface area contributed by atoms with Crippen LogP contribution < -0.4 is 4.74 Å². The molecule has 2 aromatic rings. The zero-order chi connectivity index (χ0) is 27.4. The highest BCUT2D eigenvalue weighted by Crippen LogP contribution is 2.47. The van der Waals surface area contributed by atoms with Gasteiger partial charge in [-0.2, -0.15) is 26.3 Å². The van der Waals surface area contributed by atoms with E-state index >= 15 is 0 Å². The second-order valence-electron chi connectivity index (χ2n) is 11.1. The van der Waals surface area contributed by atoms with Crippen LogP contribution in [0, 0.1) is 11.8 Å². The number of carboxylic acids is 1. The molecule has 3 atom stereocenters. The van der Waals surface area contributed by atoms with E-state index in [0.717, 1.165) is 12.8 Å². The summed E-state index contributed by atoms with van der Waals surface area (Å²) in [5.41, 5.74) is -0.203. The number of piperidine rings is 1. The normalized spacial score (nSPS) is 29.4. The van der Waals surface area contributed by atoms with E-state index in [-0.39, 0.29) is 54.9 Å². The average molecular weight is 544 g/mol. The fourth-order valence-electron chi connectivity index (χ4n) is 6.87. The Balaban J connectivity index is 1.43. The lowest BCUT2D eigenvalue weighted by Crippen LogP contribution is -2.45. The fourth-order valence-corrected chi connectivity index (χ4v) is 6.87. The minimum absolute atomic E-state index is 0.00361. The summed E-state index contributed by atoms with van der Waals surface area (Å²) in [6.45, 7) is 1.94. The van der Waals surface area contributed by atoms with Crippen molar-refractivity contribution in [3.05, 3.63) is 41.5 Å². The van der Waals surface area contributed by atoms with Gasteiger partial charge in [-0.3, -0.25) is 9.69 Å². The van der Waals surface area contributed by atoms with Gasteiger partial charge in [-0.05, 0) is 86.8 Å². The molecule has 1 saturated carbocycles. The molecule has 4 nitrogen and oxygen atoms in total. The fraction of sp³-hybridized carbons (Fsp3) is 0.607. The Morgan fingerprint density at radius 1 is 0.947 bits per heavy atom. The summed E-state index contributed by atoms with van der Waals surface area (Å²) < 4.78 is 88.0. The minimum Gasteiger partial charge on any atom is -0.490 e. The highest BCUT2D eigenvalue weighted by atomic mass is 19.4. The molecule has 2 aliphatic heterocycles. The molecule has 0 aromatic heterocycles. The number of carbonyl (C=O) groups is 1. The molecule has 1 N–H and O–H groups in total. The number of rotatable bonds is 5. The molecule has 2 unspecified atom stereocenters. The average Bonchev–Trinajstić information content (AvgIpc) is 3.10. The highest BCUT2D eigenvalue weighted by Gasteiger charge is 2.46. The predicted octanol–water partition coefficient (Wildman–Crippen LogP) is 7.75. The van der Waals surface area contributed by atoms with E-state index in [9.17, 15) is 36.2 Å². The van der Waals surface area contributed by atoms with E-state index in [0.29, 0.717) is 23.8 Å². The topological polar surface area (TPSA) is 49.8 Å². The van der Waals surface area contributed by atoms with Gasteiger partial charge in [-0.1, -0.05) is 18.2 Å². The molecule has 0 spiro atoms. The summed E-state index contributed by atoms with van der Waals surface area (Å²) in [5.74, 6) is -2.99. The van der Waals surface area contributed by atoms with Gasteiger partial charge in [0.1, 0.15) is 11.3 Å². The van der Waals surface area contributed by atoms with Crippen LogP contribution in [0.1, 0.15) is 75.5 Å². The summed E-state index contributed by atoms with van der Waals surface area (Å²) in [7, 11) is 0. The number of carboxylic acid groups (broad SMARTS) is 1. The van der Waals surface area contributed by atoms with Crippen LogP contribution in [0.25, 0.3) is 10.8 Å². The Morgan fingerprint density at radius 3 is 2.11 bits per heavy atom. The van der Waals surface area contributed by atoms with E-state index in [1.54, 1.807) is 18.2 Å². The number of alkyl halides is 6. The first kappa shape index (κ1) is 27.1. The van der Waals surface area contributed by atoms with Crippen LogP contribution in [0.15, 0.2) is 30.3 Å². The molecular formula is C28H31F6NO3. The van der Waals surface area contributed by atoms with Gasteiger partial charge in [0.2, 0.25) is 0 Å². The maximum Gasteiger partial charge on any atom is 0.420 e. The van der Waals surface area contributed by atoms with Crippen LogP contribution in [0.4, 0.5) is 26.3 Å². The van der Waals surface area contributed by atoms with Gasteiger partial charge < -0.3 is 9.84 Å². The Morgan fingerprint density at radius 2 is 1.55 bits per heavy atom. The Bertz CT molecular complexity index is 1170. The zero-order valence-corrected chi connectivity index (χ0v) is 21.0. The molecule has 0 radical (unpaired) electrons. The predicted molar refractivity (Wildman–Crippen MR) is 129 cm³/mol. The molecule has 3 aliphatic rings. The molecule has 2 heterocycles. The standard InChI is InChI=1S/C28H31F6NO3/c1-15(35-20-7-8-21(35)13-18(12-20)26(36)37)17-3-2-16-4-11-24(25(23(16)14-17)28(32,33)34)38-22-9-5-19(6-10-22)27(29,30)31/h2-4,11,14-15,18-22H,5-10,12-13H2,1H3,(H,36,37)/t15-,18?,19-,20?,21?,22+/m1/s1.